The van der Waals surface area contributed by atoms with E-state index in [2.05, 4.69) is 30.7 Å². The Bertz CT molecular complexity index is 2680. The molecule has 6 N–H and O–H groups in total. The van der Waals surface area contributed by atoms with Gasteiger partial charge < -0.3 is 45.8 Å². The Balaban J connectivity index is 0.000000235. The molecule has 0 aliphatic carbocycles. The van der Waals surface area contributed by atoms with Gasteiger partial charge in [0.1, 0.15) is 31.9 Å². The lowest BCUT2D eigenvalue weighted by Crippen LogP contribution is -2.48. The number of anilines is 2. The third-order valence-electron chi connectivity index (χ3n) is 14.7. The molecule has 5 atom stereocenters. The summed E-state index contributed by atoms with van der Waals surface area (Å²) in [6, 6.07) is 28.1. The van der Waals surface area contributed by atoms with Crippen molar-refractivity contribution in [3.63, 3.8) is 0 Å². The lowest BCUT2D eigenvalue weighted by atomic mass is 10.00. The van der Waals surface area contributed by atoms with Crippen molar-refractivity contribution in [3.8, 4) is 0 Å². The van der Waals surface area contributed by atoms with Crippen LogP contribution < -0.4 is 22.1 Å². The summed E-state index contributed by atoms with van der Waals surface area (Å²) in [6.45, 7) is 4.58. The van der Waals surface area contributed by atoms with Gasteiger partial charge >= 0.3 is 30.2 Å². The van der Waals surface area contributed by atoms with Crippen molar-refractivity contribution in [1.29, 1.82) is 0 Å². The number of alkyl halides is 1. The second kappa shape index (κ2) is 40.4. The van der Waals surface area contributed by atoms with Crippen LogP contribution in [-0.2, 0) is 57.9 Å². The quantitative estimate of drug-likeness (QED) is 0.0514. The van der Waals surface area contributed by atoms with Crippen LogP contribution >= 0.6 is 63.7 Å². The number of esters is 2. The number of rotatable bonds is 12. The largest absolute Gasteiger partial charge is 0.468 e. The molecule has 0 spiro atoms. The summed E-state index contributed by atoms with van der Waals surface area (Å²) in [5.74, 6) is -0.670. The molecular weight excluding hydrogens is 1250 g/mol. The van der Waals surface area contributed by atoms with Crippen LogP contribution in [0.1, 0.15) is 136 Å². The SMILES string of the molecule is Br.COC(=O)C1CCCCN1.COC(=O)C1CCCCN1C(=O)OCc1ccccc1.Cl.Nc1nc(C2CCCCN2)cs1.Nc1nc(C2CCCCN2C(=O)OCc2ccccc2)cs1.O=C(CCl)C1CCCCN1C(=O)OCc1ccccc1. The highest BCUT2D eigenvalue weighted by Gasteiger charge is 2.35. The molecule has 5 aliphatic heterocycles. The van der Waals surface area contributed by atoms with Crippen LogP contribution in [0.15, 0.2) is 102 Å². The smallest absolute Gasteiger partial charge is 0.410 e. The molecule has 3 aromatic carbocycles. The number of ether oxygens (including phenoxy) is 5. The highest BCUT2D eigenvalue weighted by Crippen LogP contribution is 2.33. The van der Waals surface area contributed by atoms with Crippen molar-refractivity contribution in [3.05, 3.63) is 130 Å². The number of nitrogens with zero attached hydrogens (tertiary/aromatic N) is 5. The third kappa shape index (κ3) is 24.2. The van der Waals surface area contributed by atoms with E-state index in [-0.39, 0.29) is 84.4 Å². The highest BCUT2D eigenvalue weighted by atomic mass is 79.9. The standard InChI is InChI=1S/C16H19N3O2S.C15H18ClNO3.C15H19NO4.C8H13N3S.C7H13NO2.BrH.ClH/c17-15-18-13(11-22-15)14-8-4-5-9-19(14)16(20)21-10-12-6-2-1-3-7-12;16-10-14(18)13-8-4-5-9-17(13)15(19)20-11-12-6-2-1-3-7-12;1-19-14(17)13-9-5-6-10-16(13)15(18)20-11-12-7-3-2-4-8-12;9-8-11-7(5-12-8)6-3-1-2-4-10-6;1-10-7(9)6-4-2-3-5-8-6;;/h1-3,6-7,11,14H,4-5,8-10H2,(H2,17,18);1-3,6-7,13H,4-5,8-11H2;2-4,7-8,13H,5-6,9-11H2,1H3;5-6,10H,1-4H2,(H2,9,11);6,8H,2-5H2,1H3;2*1H. The zero-order valence-corrected chi connectivity index (χ0v) is 54.0. The molecule has 2 aromatic heterocycles. The zero-order valence-electron chi connectivity index (χ0n) is 49.1. The van der Waals surface area contributed by atoms with Crippen LogP contribution in [0.4, 0.5) is 24.6 Å². The normalized spacial score (nSPS) is 19.7. The third-order valence-corrected chi connectivity index (χ3v) is 16.3. The number of carbonyl (C=O) groups is 6. The molecule has 10 rings (SSSR count). The molecule has 5 aromatic rings. The lowest BCUT2D eigenvalue weighted by Gasteiger charge is -2.33. The Kier molecular flexibility index (Phi) is 34.0. The fourth-order valence-electron chi connectivity index (χ4n) is 10.2. The molecule has 5 saturated heterocycles. The minimum absolute atomic E-state index is 0. The predicted octanol–water partition coefficient (Wildman–Crippen LogP) is 11.8. The maximum Gasteiger partial charge on any atom is 0.410 e. The average Bonchev–Trinajstić information content (AvgIpc) is 3.56. The molecule has 86 heavy (non-hydrogen) atoms. The van der Waals surface area contributed by atoms with Gasteiger partial charge in [-0.15, -0.1) is 63.7 Å². The second-order valence-electron chi connectivity index (χ2n) is 20.6. The van der Waals surface area contributed by atoms with Crippen LogP contribution in [0.3, 0.4) is 0 Å². The van der Waals surface area contributed by atoms with Crippen molar-refractivity contribution in [2.24, 2.45) is 0 Å². The Morgan fingerprint density at radius 3 is 1.38 bits per heavy atom. The van der Waals surface area contributed by atoms with E-state index in [9.17, 15) is 28.8 Å². The number of hydrogen-bond donors (Lipinski definition) is 4. The second-order valence-corrected chi connectivity index (χ2v) is 22.7. The topological polar surface area (TPSA) is 260 Å². The maximum absolute atomic E-state index is 12.4. The molecule has 5 fully saturated rings. The van der Waals surface area contributed by atoms with Gasteiger partial charge in [0.25, 0.3) is 0 Å². The van der Waals surface area contributed by atoms with Crippen molar-refractivity contribution >= 4 is 110 Å². The summed E-state index contributed by atoms with van der Waals surface area (Å²) in [5, 5.41) is 11.7. The van der Waals surface area contributed by atoms with Gasteiger partial charge in [-0.2, -0.15) is 0 Å². The van der Waals surface area contributed by atoms with Gasteiger partial charge in [0.05, 0.1) is 49.6 Å². The average molecular weight is 1330 g/mol. The molecule has 5 aliphatic rings. The molecule has 0 saturated carbocycles. The van der Waals surface area contributed by atoms with Crippen LogP contribution in [0.2, 0.25) is 0 Å². The van der Waals surface area contributed by atoms with E-state index in [0.717, 1.165) is 99.0 Å². The number of halogens is 3. The summed E-state index contributed by atoms with van der Waals surface area (Å²) in [7, 11) is 2.77. The first-order chi connectivity index (χ1) is 40.9. The molecular formula is C61H84BrCl2N9O11S2. The minimum atomic E-state index is -0.517. The summed E-state index contributed by atoms with van der Waals surface area (Å²) in [4.78, 5) is 84.3. The number of ketones is 1. The van der Waals surface area contributed by atoms with Crippen molar-refractivity contribution in [2.45, 2.75) is 146 Å². The van der Waals surface area contributed by atoms with Crippen LogP contribution in [-0.4, -0.2) is 132 Å². The first-order valence-electron chi connectivity index (χ1n) is 28.9. The van der Waals surface area contributed by atoms with E-state index in [0.29, 0.717) is 55.4 Å². The predicted molar refractivity (Wildman–Crippen MR) is 342 cm³/mol. The molecule has 7 heterocycles. The number of nitrogens with one attached hydrogen (secondary N) is 2. The van der Waals surface area contributed by atoms with E-state index in [4.69, 9.17) is 42.0 Å². The van der Waals surface area contributed by atoms with Gasteiger partial charge in [-0.3, -0.25) is 24.3 Å². The first kappa shape index (κ1) is 72.4. The number of carbonyl (C=O) groups excluding carboxylic acids is 6. The van der Waals surface area contributed by atoms with Crippen LogP contribution in [0.25, 0.3) is 0 Å². The number of likely N-dealkylation sites (tertiary alicyclic amines) is 3. The van der Waals surface area contributed by atoms with Crippen molar-refractivity contribution in [2.75, 3.05) is 64.3 Å². The van der Waals surface area contributed by atoms with E-state index in [1.165, 1.54) is 72.4 Å². The highest BCUT2D eigenvalue weighted by molar-refractivity contribution is 8.93. The summed E-state index contributed by atoms with van der Waals surface area (Å²) in [5.41, 5.74) is 16.1. The number of piperidine rings is 5. The van der Waals surface area contributed by atoms with Crippen molar-refractivity contribution in [1.82, 2.24) is 35.3 Å². The van der Waals surface area contributed by atoms with E-state index in [1.54, 1.807) is 4.90 Å². The summed E-state index contributed by atoms with van der Waals surface area (Å²) < 4.78 is 25.3. The molecule has 5 unspecified atom stereocenters. The molecule has 0 radical (unpaired) electrons. The Morgan fingerprint density at radius 1 is 0.535 bits per heavy atom. The number of Topliss-reactive ketones (excluding diaryl/α,β-unsaturated/α-hetero) is 1. The van der Waals surface area contributed by atoms with Crippen LogP contribution in [0, 0.1) is 0 Å². The van der Waals surface area contributed by atoms with E-state index >= 15 is 0 Å². The number of methoxy groups -OCH3 is 2. The number of nitrogens with two attached hydrogens (primary N) is 2. The van der Waals surface area contributed by atoms with E-state index in [1.807, 2.05) is 96.4 Å². The fraction of sp³-hybridized carbons (Fsp3) is 0.508. The van der Waals surface area contributed by atoms with Gasteiger partial charge in [-0.1, -0.05) is 104 Å². The zero-order chi connectivity index (χ0) is 59.9. The number of thiazole rings is 2. The molecule has 20 nitrogen and oxygen atoms in total. The van der Waals surface area contributed by atoms with Gasteiger partial charge in [0, 0.05) is 30.4 Å². The first-order valence-corrected chi connectivity index (χ1v) is 31.2. The number of amides is 3. The van der Waals surface area contributed by atoms with Gasteiger partial charge in [0.15, 0.2) is 16.0 Å². The van der Waals surface area contributed by atoms with Gasteiger partial charge in [0.2, 0.25) is 0 Å². The number of benzene rings is 3. The van der Waals surface area contributed by atoms with Crippen molar-refractivity contribution < 1.29 is 52.5 Å². The molecule has 472 valence electrons. The summed E-state index contributed by atoms with van der Waals surface area (Å²) >= 11 is 8.53. The monoisotopic (exact) mass is 1330 g/mol. The van der Waals surface area contributed by atoms with E-state index < -0.39 is 24.3 Å². The van der Waals surface area contributed by atoms with Gasteiger partial charge in [-0.25, -0.2) is 29.1 Å². The minimum Gasteiger partial charge on any atom is -0.468 e. The molecule has 3 amide bonds. The molecule has 25 heteroatoms. The number of nitrogen functional groups attached to an aromatic ring is 2. The lowest BCUT2D eigenvalue weighted by molar-refractivity contribution is -0.147. The fourth-order valence-corrected chi connectivity index (χ4v) is 11.6. The maximum atomic E-state index is 12.4. The number of hydrogen-bond acceptors (Lipinski definition) is 19. The number of aromatic nitrogens is 2. The Hall–Kier alpha value is -6.08. The Morgan fingerprint density at radius 2 is 0.953 bits per heavy atom. The summed E-state index contributed by atoms with van der Waals surface area (Å²) in [6.07, 6.45) is 13.8. The van der Waals surface area contributed by atoms with Gasteiger partial charge in [-0.05, 0) is 113 Å². The van der Waals surface area contributed by atoms with Crippen LogP contribution in [0.5, 0.6) is 0 Å². The molecule has 0 bridgehead atoms. The Labute approximate surface area is 534 Å².